The highest BCUT2D eigenvalue weighted by Gasteiger charge is 2.45. The lowest BCUT2D eigenvalue weighted by Gasteiger charge is -2.20. The van der Waals surface area contributed by atoms with Gasteiger partial charge in [0.25, 0.3) is 0 Å². The van der Waals surface area contributed by atoms with Crippen molar-refractivity contribution in [3.8, 4) is 0 Å². The van der Waals surface area contributed by atoms with Gasteiger partial charge in [-0.1, -0.05) is 25.1 Å². The van der Waals surface area contributed by atoms with Crippen LogP contribution in [-0.4, -0.2) is 44.6 Å². The molecule has 0 amide bonds. The molecule has 2 aromatic rings. The van der Waals surface area contributed by atoms with E-state index in [1.807, 2.05) is 13.0 Å². The molecule has 1 N–H and O–H groups in total. The molecule has 0 aliphatic carbocycles. The third-order valence-corrected chi connectivity index (χ3v) is 8.82. The van der Waals surface area contributed by atoms with E-state index < -0.39 is 31.0 Å². The molecule has 26 heavy (non-hydrogen) atoms. The number of hydrogen-bond donors (Lipinski definition) is 1. The molecule has 0 bridgehead atoms. The molecule has 1 fully saturated rings. The number of sulfone groups is 2. The van der Waals surface area contributed by atoms with Crippen LogP contribution in [0.1, 0.15) is 18.1 Å². The van der Waals surface area contributed by atoms with Crippen molar-refractivity contribution in [2.75, 3.05) is 11.5 Å². The molecular weight excluding hydrogens is 372 g/mol. The van der Waals surface area contributed by atoms with Gasteiger partial charge in [0.2, 0.25) is 0 Å². The molecule has 6 nitrogen and oxygen atoms in total. The minimum atomic E-state index is -3.75. The van der Waals surface area contributed by atoms with E-state index in [2.05, 4.69) is 10.3 Å². The van der Waals surface area contributed by atoms with Gasteiger partial charge in [0, 0.05) is 25.0 Å². The maximum Gasteiger partial charge on any atom is 0.183 e. The Bertz CT molecular complexity index is 956. The van der Waals surface area contributed by atoms with Gasteiger partial charge in [-0.25, -0.2) is 16.8 Å². The number of nitrogens with one attached hydrogen (secondary N) is 1. The first-order chi connectivity index (χ1) is 12.3. The molecule has 1 aromatic carbocycles. The van der Waals surface area contributed by atoms with Gasteiger partial charge in [0.1, 0.15) is 0 Å². The quantitative estimate of drug-likeness (QED) is 0.795. The summed E-state index contributed by atoms with van der Waals surface area (Å²) in [6.45, 7) is 2.36. The van der Waals surface area contributed by atoms with Crippen LogP contribution in [0.15, 0.2) is 53.7 Å². The first kappa shape index (κ1) is 19.0. The fraction of sp³-hybridized carbons (Fsp3) is 0.389. The number of aryl methyl sites for hydroxylation is 1. The average molecular weight is 395 g/mol. The van der Waals surface area contributed by atoms with Crippen molar-refractivity contribution in [1.82, 2.24) is 10.3 Å². The van der Waals surface area contributed by atoms with E-state index in [0.29, 0.717) is 6.54 Å². The Morgan fingerprint density at radius 3 is 2.46 bits per heavy atom. The van der Waals surface area contributed by atoms with Crippen molar-refractivity contribution >= 4 is 19.7 Å². The molecule has 1 aliphatic rings. The summed E-state index contributed by atoms with van der Waals surface area (Å²) in [6, 6.07) is 9.68. The van der Waals surface area contributed by atoms with E-state index >= 15 is 0 Å². The summed E-state index contributed by atoms with van der Waals surface area (Å²) in [5.41, 5.74) is 1.91. The summed E-state index contributed by atoms with van der Waals surface area (Å²) < 4.78 is 50.3. The van der Waals surface area contributed by atoms with E-state index in [1.54, 1.807) is 42.7 Å². The van der Waals surface area contributed by atoms with Gasteiger partial charge in [-0.2, -0.15) is 0 Å². The largest absolute Gasteiger partial charge is 0.308 e. The van der Waals surface area contributed by atoms with Crippen LogP contribution in [0.4, 0.5) is 0 Å². The maximum absolute atomic E-state index is 13.0. The lowest BCUT2D eigenvalue weighted by Crippen LogP contribution is -2.43. The van der Waals surface area contributed by atoms with Gasteiger partial charge in [-0.05, 0) is 35.7 Å². The Morgan fingerprint density at radius 2 is 1.85 bits per heavy atom. The fourth-order valence-electron chi connectivity index (χ4n) is 3.15. The van der Waals surface area contributed by atoms with Gasteiger partial charge < -0.3 is 5.32 Å². The summed E-state index contributed by atoms with van der Waals surface area (Å²) in [6.07, 6.45) is 4.13. The van der Waals surface area contributed by atoms with Gasteiger partial charge >= 0.3 is 0 Å². The second kappa shape index (κ2) is 7.46. The highest BCUT2D eigenvalue weighted by Crippen LogP contribution is 2.26. The van der Waals surface area contributed by atoms with Crippen molar-refractivity contribution in [1.29, 1.82) is 0 Å². The van der Waals surface area contributed by atoms with E-state index in [9.17, 15) is 16.8 Å². The second-order valence-corrected chi connectivity index (χ2v) is 10.8. The number of pyridine rings is 1. The van der Waals surface area contributed by atoms with E-state index in [1.165, 1.54) is 0 Å². The third-order valence-electron chi connectivity index (χ3n) is 4.65. The first-order valence-electron chi connectivity index (χ1n) is 8.47. The van der Waals surface area contributed by atoms with Crippen LogP contribution in [0.25, 0.3) is 0 Å². The second-order valence-electron chi connectivity index (χ2n) is 6.51. The Balaban J connectivity index is 1.84. The molecule has 1 aliphatic heterocycles. The highest BCUT2D eigenvalue weighted by atomic mass is 32.2. The lowest BCUT2D eigenvalue weighted by atomic mass is 10.2. The Kier molecular flexibility index (Phi) is 5.45. The molecule has 2 atom stereocenters. The predicted octanol–water partition coefficient (Wildman–Crippen LogP) is 1.37. The van der Waals surface area contributed by atoms with E-state index in [-0.39, 0.29) is 16.4 Å². The molecule has 0 radical (unpaired) electrons. The first-order valence-corrected chi connectivity index (χ1v) is 11.8. The molecule has 0 spiro atoms. The van der Waals surface area contributed by atoms with Crippen LogP contribution in [0.5, 0.6) is 0 Å². The smallest absolute Gasteiger partial charge is 0.183 e. The maximum atomic E-state index is 13.0. The number of benzene rings is 1. The molecule has 2 heterocycles. The Hall–Kier alpha value is -1.77. The summed E-state index contributed by atoms with van der Waals surface area (Å²) in [7, 11) is -7.16. The van der Waals surface area contributed by atoms with Gasteiger partial charge in [-0.3, -0.25) is 4.98 Å². The zero-order chi connectivity index (χ0) is 18.8. The van der Waals surface area contributed by atoms with Crippen molar-refractivity contribution in [2.45, 2.75) is 36.1 Å². The summed E-state index contributed by atoms with van der Waals surface area (Å²) >= 11 is 0. The lowest BCUT2D eigenvalue weighted by molar-refractivity contribution is 0.525. The summed E-state index contributed by atoms with van der Waals surface area (Å²) in [5, 5.41) is 2.11. The minimum absolute atomic E-state index is 0.171. The molecular formula is C18H22N2O4S2. The van der Waals surface area contributed by atoms with Crippen molar-refractivity contribution in [3.05, 3.63) is 59.9 Å². The SMILES string of the molecule is CCc1ccc(S(=O)(=O)[C@@H]2CS(=O)(=O)C[C@H]2NCc2cccnc2)cc1. The minimum Gasteiger partial charge on any atom is -0.308 e. The topological polar surface area (TPSA) is 93.2 Å². The number of hydrogen-bond acceptors (Lipinski definition) is 6. The highest BCUT2D eigenvalue weighted by molar-refractivity contribution is 7.96. The summed E-state index contributed by atoms with van der Waals surface area (Å²) in [5.74, 6) is -0.528. The molecule has 1 aromatic heterocycles. The van der Waals surface area contributed by atoms with Crippen LogP contribution in [0, 0.1) is 0 Å². The third kappa shape index (κ3) is 4.13. The van der Waals surface area contributed by atoms with Crippen molar-refractivity contribution < 1.29 is 16.8 Å². The predicted molar refractivity (Wildman–Crippen MR) is 100 cm³/mol. The van der Waals surface area contributed by atoms with Crippen LogP contribution < -0.4 is 5.32 Å². The van der Waals surface area contributed by atoms with Gasteiger partial charge in [0.15, 0.2) is 19.7 Å². The van der Waals surface area contributed by atoms with Crippen molar-refractivity contribution in [3.63, 3.8) is 0 Å². The molecule has 0 saturated carbocycles. The van der Waals surface area contributed by atoms with E-state index in [0.717, 1.165) is 17.5 Å². The standard InChI is InChI=1S/C18H22N2O4S2/c1-2-14-5-7-16(8-6-14)26(23,24)18-13-25(21,22)12-17(18)20-11-15-4-3-9-19-10-15/h3-10,17-18,20H,2,11-13H2,1H3/t17-,18-/m1/s1. The Labute approximate surface area is 154 Å². The van der Waals surface area contributed by atoms with Crippen molar-refractivity contribution in [2.24, 2.45) is 0 Å². The van der Waals surface area contributed by atoms with Gasteiger partial charge in [-0.15, -0.1) is 0 Å². The number of nitrogens with zero attached hydrogens (tertiary/aromatic N) is 1. The molecule has 0 unspecified atom stereocenters. The number of rotatable bonds is 6. The average Bonchev–Trinajstić information content (AvgIpc) is 2.96. The molecule has 140 valence electrons. The molecule has 8 heteroatoms. The van der Waals surface area contributed by atoms with Crippen LogP contribution in [0.3, 0.4) is 0 Å². The van der Waals surface area contributed by atoms with E-state index in [4.69, 9.17) is 0 Å². The number of aromatic nitrogens is 1. The Morgan fingerprint density at radius 1 is 1.12 bits per heavy atom. The summed E-state index contributed by atoms with van der Waals surface area (Å²) in [4.78, 5) is 4.18. The zero-order valence-corrected chi connectivity index (χ0v) is 16.1. The van der Waals surface area contributed by atoms with Crippen LogP contribution in [0.2, 0.25) is 0 Å². The molecule has 1 saturated heterocycles. The monoisotopic (exact) mass is 394 g/mol. The normalized spacial score (nSPS) is 22.3. The van der Waals surface area contributed by atoms with Crippen LogP contribution >= 0.6 is 0 Å². The fourth-order valence-corrected chi connectivity index (χ4v) is 7.87. The molecule has 3 rings (SSSR count). The van der Waals surface area contributed by atoms with Crippen LogP contribution in [-0.2, 0) is 32.6 Å². The zero-order valence-electron chi connectivity index (χ0n) is 14.5. The van der Waals surface area contributed by atoms with Gasteiger partial charge in [0.05, 0.1) is 21.7 Å².